The van der Waals surface area contributed by atoms with Gasteiger partial charge in [0.1, 0.15) is 17.8 Å². The zero-order valence-electron chi connectivity index (χ0n) is 13.4. The van der Waals surface area contributed by atoms with Crippen molar-refractivity contribution in [2.75, 3.05) is 0 Å². The van der Waals surface area contributed by atoms with Crippen molar-refractivity contribution in [2.24, 2.45) is 11.8 Å². The van der Waals surface area contributed by atoms with Crippen LogP contribution in [0.1, 0.15) is 27.2 Å². The molecule has 0 amide bonds. The Morgan fingerprint density at radius 1 is 1.48 bits per heavy atom. The molecule has 6 nitrogen and oxygen atoms in total. The lowest BCUT2D eigenvalue weighted by atomic mass is 9.76. The lowest BCUT2D eigenvalue weighted by Crippen LogP contribution is -2.46. The average Bonchev–Trinajstić information content (AvgIpc) is 2.93. The molecule has 0 radical (unpaired) electrons. The summed E-state index contributed by atoms with van der Waals surface area (Å²) < 4.78 is 10.9. The molecule has 1 fully saturated rings. The van der Waals surface area contributed by atoms with Crippen LogP contribution in [-0.2, 0) is 24.0 Å². The smallest absolute Gasteiger partial charge is 0.334 e. The molecule has 0 saturated carbocycles. The van der Waals surface area contributed by atoms with Crippen LogP contribution < -0.4 is 0 Å². The SMILES string of the molecule is C=C1C(=O)OC2C1C(OC(C)=O)C=C(C)C1(OO)CC=C(C)C21. The van der Waals surface area contributed by atoms with Crippen LogP contribution in [0, 0.1) is 11.8 Å². The van der Waals surface area contributed by atoms with E-state index in [4.69, 9.17) is 14.4 Å². The van der Waals surface area contributed by atoms with E-state index in [1.807, 2.05) is 19.9 Å². The monoisotopic (exact) mass is 320 g/mol. The normalized spacial score (nSPS) is 39.0. The minimum absolute atomic E-state index is 0.277. The lowest BCUT2D eigenvalue weighted by Gasteiger charge is -2.36. The summed E-state index contributed by atoms with van der Waals surface area (Å²) in [4.78, 5) is 28.4. The van der Waals surface area contributed by atoms with Gasteiger partial charge in [0, 0.05) is 18.9 Å². The number of carbonyl (C=O) groups excluding carboxylic acids is 2. The van der Waals surface area contributed by atoms with E-state index in [9.17, 15) is 14.8 Å². The van der Waals surface area contributed by atoms with Gasteiger partial charge in [-0.05, 0) is 25.5 Å². The van der Waals surface area contributed by atoms with Crippen LogP contribution in [0.25, 0.3) is 0 Å². The quantitative estimate of drug-likeness (QED) is 0.276. The second-order valence-corrected chi connectivity index (χ2v) is 6.46. The number of rotatable bonds is 2. The van der Waals surface area contributed by atoms with Gasteiger partial charge in [0.2, 0.25) is 0 Å². The lowest BCUT2D eigenvalue weighted by molar-refractivity contribution is -0.323. The third-order valence-corrected chi connectivity index (χ3v) is 5.21. The van der Waals surface area contributed by atoms with E-state index in [0.717, 1.165) is 11.1 Å². The van der Waals surface area contributed by atoms with Crippen LogP contribution in [0.2, 0.25) is 0 Å². The maximum Gasteiger partial charge on any atom is 0.334 e. The van der Waals surface area contributed by atoms with Gasteiger partial charge in [-0.1, -0.05) is 18.2 Å². The van der Waals surface area contributed by atoms with Crippen LogP contribution in [0.5, 0.6) is 0 Å². The van der Waals surface area contributed by atoms with E-state index in [1.54, 1.807) is 6.08 Å². The molecule has 1 N–H and O–H groups in total. The molecule has 0 spiro atoms. The molecular weight excluding hydrogens is 300 g/mol. The maximum atomic E-state index is 12.0. The fourth-order valence-corrected chi connectivity index (χ4v) is 4.09. The van der Waals surface area contributed by atoms with E-state index < -0.39 is 35.7 Å². The number of ether oxygens (including phenoxy) is 2. The van der Waals surface area contributed by atoms with Gasteiger partial charge in [0.25, 0.3) is 0 Å². The standard InChI is InChI=1S/C17H20O6/c1-8-5-6-17(23-20)9(2)7-12(21-11(4)18)13-10(3)16(19)22-15(13)14(8)17/h5,7,12-15,20H,3,6H2,1-2,4H3. The Hall–Kier alpha value is -1.92. The van der Waals surface area contributed by atoms with Crippen LogP contribution >= 0.6 is 0 Å². The molecular formula is C17H20O6. The summed E-state index contributed by atoms with van der Waals surface area (Å²) in [5.41, 5.74) is 0.974. The Morgan fingerprint density at radius 3 is 2.78 bits per heavy atom. The van der Waals surface area contributed by atoms with Crippen molar-refractivity contribution in [3.63, 3.8) is 0 Å². The molecule has 1 aliphatic heterocycles. The summed E-state index contributed by atoms with van der Waals surface area (Å²) in [5.74, 6) is -1.80. The van der Waals surface area contributed by atoms with Crippen LogP contribution in [0.4, 0.5) is 0 Å². The first kappa shape index (κ1) is 16.0. The molecule has 124 valence electrons. The van der Waals surface area contributed by atoms with Gasteiger partial charge in [-0.2, -0.15) is 0 Å². The summed E-state index contributed by atoms with van der Waals surface area (Å²) in [6.07, 6.45) is 2.88. The molecule has 3 aliphatic rings. The van der Waals surface area contributed by atoms with Crippen LogP contribution in [0.15, 0.2) is 35.5 Å². The first-order chi connectivity index (χ1) is 10.8. The molecule has 2 aliphatic carbocycles. The fourth-order valence-electron chi connectivity index (χ4n) is 4.09. The van der Waals surface area contributed by atoms with Gasteiger partial charge in [0.15, 0.2) is 0 Å². The van der Waals surface area contributed by atoms with Gasteiger partial charge in [-0.15, -0.1) is 0 Å². The van der Waals surface area contributed by atoms with Crippen molar-refractivity contribution in [3.8, 4) is 0 Å². The highest BCUT2D eigenvalue weighted by Crippen LogP contribution is 2.53. The molecule has 5 unspecified atom stereocenters. The van der Waals surface area contributed by atoms with Crippen LogP contribution in [0.3, 0.4) is 0 Å². The predicted octanol–water partition coefficient (Wildman–Crippen LogP) is 2.17. The van der Waals surface area contributed by atoms with Gasteiger partial charge in [-0.25, -0.2) is 9.68 Å². The van der Waals surface area contributed by atoms with Gasteiger partial charge in [-0.3, -0.25) is 10.1 Å². The Morgan fingerprint density at radius 2 is 2.17 bits per heavy atom. The highest BCUT2D eigenvalue weighted by molar-refractivity contribution is 5.91. The topological polar surface area (TPSA) is 82.1 Å². The summed E-state index contributed by atoms with van der Waals surface area (Å²) in [5, 5.41) is 9.64. The number of hydrogen-bond acceptors (Lipinski definition) is 6. The maximum absolute atomic E-state index is 12.0. The molecule has 0 aromatic rings. The largest absolute Gasteiger partial charge is 0.457 e. The van der Waals surface area contributed by atoms with E-state index >= 15 is 0 Å². The summed E-state index contributed by atoms with van der Waals surface area (Å²) in [6.45, 7) is 8.86. The summed E-state index contributed by atoms with van der Waals surface area (Å²) in [6, 6.07) is 0. The van der Waals surface area contributed by atoms with Crippen molar-refractivity contribution in [1.29, 1.82) is 0 Å². The van der Waals surface area contributed by atoms with Gasteiger partial charge in [0.05, 0.1) is 11.8 Å². The number of esters is 2. The minimum atomic E-state index is -1.01. The third-order valence-electron chi connectivity index (χ3n) is 5.21. The van der Waals surface area contributed by atoms with E-state index in [2.05, 4.69) is 6.58 Å². The van der Waals surface area contributed by atoms with Gasteiger partial charge >= 0.3 is 11.9 Å². The highest BCUT2D eigenvalue weighted by atomic mass is 17.1. The second kappa shape index (κ2) is 5.32. The molecule has 0 aromatic heterocycles. The second-order valence-electron chi connectivity index (χ2n) is 6.46. The van der Waals surface area contributed by atoms with Crippen molar-refractivity contribution in [3.05, 3.63) is 35.5 Å². The Bertz CT molecular complexity index is 645. The van der Waals surface area contributed by atoms with E-state index in [-0.39, 0.29) is 11.5 Å². The number of carbonyl (C=O) groups is 2. The number of fused-ring (bicyclic) bond motifs is 3. The van der Waals surface area contributed by atoms with Crippen molar-refractivity contribution in [2.45, 2.75) is 45.0 Å². The summed E-state index contributed by atoms with van der Waals surface area (Å²) in [7, 11) is 0. The minimum Gasteiger partial charge on any atom is -0.457 e. The molecule has 23 heavy (non-hydrogen) atoms. The molecule has 6 heteroatoms. The van der Waals surface area contributed by atoms with Gasteiger partial charge < -0.3 is 9.47 Å². The van der Waals surface area contributed by atoms with Crippen molar-refractivity contribution < 1.29 is 29.2 Å². The molecule has 1 saturated heterocycles. The van der Waals surface area contributed by atoms with Crippen molar-refractivity contribution in [1.82, 2.24) is 0 Å². The number of hydrogen-bond donors (Lipinski definition) is 1. The fraction of sp³-hybridized carbons (Fsp3) is 0.529. The summed E-state index contributed by atoms with van der Waals surface area (Å²) >= 11 is 0. The van der Waals surface area contributed by atoms with Crippen LogP contribution in [-0.4, -0.2) is 35.0 Å². The Labute approximate surface area is 134 Å². The first-order valence-electron chi connectivity index (χ1n) is 7.57. The van der Waals surface area contributed by atoms with E-state index in [1.165, 1.54) is 6.92 Å². The zero-order valence-corrected chi connectivity index (χ0v) is 13.4. The third kappa shape index (κ3) is 2.16. The Kier molecular flexibility index (Phi) is 3.69. The first-order valence-corrected chi connectivity index (χ1v) is 7.57. The molecule has 3 rings (SSSR count). The zero-order chi connectivity index (χ0) is 16.9. The van der Waals surface area contributed by atoms with Crippen molar-refractivity contribution >= 4 is 11.9 Å². The Balaban J connectivity index is 2.14. The average molecular weight is 320 g/mol. The highest BCUT2D eigenvalue weighted by Gasteiger charge is 2.60. The molecule has 0 bridgehead atoms. The molecule has 5 atom stereocenters. The predicted molar refractivity (Wildman–Crippen MR) is 80.1 cm³/mol. The molecule has 0 aromatic carbocycles. The van der Waals surface area contributed by atoms with E-state index in [0.29, 0.717) is 6.42 Å². The molecule has 1 heterocycles.